The molecule has 0 spiro atoms. The first-order valence-electron chi connectivity index (χ1n) is 12.4. The lowest BCUT2D eigenvalue weighted by Crippen LogP contribution is -2.46. The third-order valence-electron chi connectivity index (χ3n) is 7.13. The Morgan fingerprint density at radius 1 is 1.06 bits per heavy atom. The molecule has 0 aromatic carbocycles. The van der Waals surface area contributed by atoms with E-state index in [4.69, 9.17) is 9.16 Å². The van der Waals surface area contributed by atoms with Crippen molar-refractivity contribution >= 4 is 14.3 Å². The Bertz CT molecular complexity index is 592. The molecule has 0 saturated heterocycles. The summed E-state index contributed by atoms with van der Waals surface area (Å²) >= 11 is 0. The van der Waals surface area contributed by atoms with Crippen molar-refractivity contribution in [1.29, 1.82) is 0 Å². The van der Waals surface area contributed by atoms with Crippen molar-refractivity contribution in [3.8, 4) is 0 Å². The summed E-state index contributed by atoms with van der Waals surface area (Å²) in [6.45, 7) is 22.7. The molecule has 0 heterocycles. The van der Waals surface area contributed by atoms with Gasteiger partial charge in [0.15, 0.2) is 8.32 Å². The predicted octanol–water partition coefficient (Wildman–Crippen LogP) is 6.24. The van der Waals surface area contributed by atoms with Crippen molar-refractivity contribution in [3.05, 3.63) is 11.6 Å². The lowest BCUT2D eigenvalue weighted by molar-refractivity contribution is -0.156. The third-order valence-corrected chi connectivity index (χ3v) is 11.7. The van der Waals surface area contributed by atoms with Gasteiger partial charge in [0.25, 0.3) is 0 Å². The number of carbonyl (C=O) groups is 1. The van der Waals surface area contributed by atoms with Crippen LogP contribution in [-0.4, -0.2) is 49.4 Å². The summed E-state index contributed by atoms with van der Waals surface area (Å²) in [4.78, 5) is 12.1. The lowest BCUT2D eigenvalue weighted by atomic mass is 9.73. The van der Waals surface area contributed by atoms with Crippen LogP contribution < -0.4 is 0 Å². The molecule has 0 aromatic rings. The summed E-state index contributed by atoms with van der Waals surface area (Å²) in [5.74, 6) is -1.16. The molecule has 0 amide bonds. The van der Waals surface area contributed by atoms with Gasteiger partial charge in [-0.2, -0.15) is 0 Å². The van der Waals surface area contributed by atoms with Gasteiger partial charge in [0.05, 0.1) is 24.7 Å². The number of rotatable bonds is 14. The second kappa shape index (κ2) is 13.3. The highest BCUT2D eigenvalue weighted by Gasteiger charge is 2.42. The van der Waals surface area contributed by atoms with Crippen molar-refractivity contribution < 1.29 is 24.2 Å². The van der Waals surface area contributed by atoms with Crippen LogP contribution in [-0.2, 0) is 14.0 Å². The van der Waals surface area contributed by atoms with E-state index in [1.54, 1.807) is 27.7 Å². The molecule has 0 aliphatic rings. The largest absolute Gasteiger partial charge is 0.466 e. The van der Waals surface area contributed by atoms with E-state index < -0.39 is 37.8 Å². The first-order chi connectivity index (χ1) is 14.5. The molecule has 0 bridgehead atoms. The molecular weight excluding hydrogens is 420 g/mol. The van der Waals surface area contributed by atoms with Gasteiger partial charge in [-0.15, -0.1) is 0 Å². The number of hydrogen-bond acceptors (Lipinski definition) is 5. The number of aliphatic hydroxyl groups excluding tert-OH is 2. The Kier molecular flexibility index (Phi) is 13.0. The Balaban J connectivity index is 5.44. The summed E-state index contributed by atoms with van der Waals surface area (Å²) in [5.41, 5.74) is -0.102. The summed E-state index contributed by atoms with van der Waals surface area (Å²) in [5, 5.41) is 22.0. The monoisotopic (exact) mass is 472 g/mol. The number of ether oxygens (including phenoxy) is 1. The van der Waals surface area contributed by atoms with E-state index >= 15 is 0 Å². The molecule has 0 aliphatic carbocycles. The van der Waals surface area contributed by atoms with E-state index in [0.717, 1.165) is 24.8 Å². The van der Waals surface area contributed by atoms with Crippen LogP contribution in [0, 0.1) is 11.3 Å². The van der Waals surface area contributed by atoms with Crippen LogP contribution in [0.4, 0.5) is 0 Å². The maximum absolute atomic E-state index is 12.1. The summed E-state index contributed by atoms with van der Waals surface area (Å²) in [6.07, 6.45) is 5.51. The second-order valence-electron chi connectivity index (χ2n) is 11.4. The van der Waals surface area contributed by atoms with E-state index in [2.05, 4.69) is 46.9 Å². The fourth-order valence-corrected chi connectivity index (χ4v) is 5.07. The lowest BCUT2D eigenvalue weighted by Gasteiger charge is -2.40. The highest BCUT2D eigenvalue weighted by molar-refractivity contribution is 6.74. The van der Waals surface area contributed by atoms with E-state index in [0.29, 0.717) is 0 Å². The highest BCUT2D eigenvalue weighted by Crippen LogP contribution is 2.39. The number of aliphatic hydroxyl groups is 2. The predicted molar refractivity (Wildman–Crippen MR) is 136 cm³/mol. The van der Waals surface area contributed by atoms with Crippen LogP contribution >= 0.6 is 0 Å². The van der Waals surface area contributed by atoms with Crippen molar-refractivity contribution in [2.45, 2.75) is 131 Å². The SMILES string of the molecule is CCCCC[C@H](C/C=C(\C)[C@@H](O)C(C)(C)[C@@H](O)[C@H](C)C(=O)OCC)O[Si](C)(C)C(C)(C)C. The molecule has 0 aromatic heterocycles. The molecule has 190 valence electrons. The zero-order valence-electron chi connectivity index (χ0n) is 22.7. The van der Waals surface area contributed by atoms with Gasteiger partial charge in [0.2, 0.25) is 0 Å². The van der Waals surface area contributed by atoms with Crippen molar-refractivity contribution in [2.75, 3.05) is 6.61 Å². The summed E-state index contributed by atoms with van der Waals surface area (Å²) < 4.78 is 11.8. The average Bonchev–Trinajstić information content (AvgIpc) is 2.69. The molecule has 5 nitrogen and oxygen atoms in total. The zero-order valence-corrected chi connectivity index (χ0v) is 23.7. The van der Waals surface area contributed by atoms with Gasteiger partial charge in [-0.25, -0.2) is 0 Å². The molecule has 2 N–H and O–H groups in total. The van der Waals surface area contributed by atoms with E-state index in [9.17, 15) is 15.0 Å². The van der Waals surface area contributed by atoms with Crippen LogP contribution in [0.5, 0.6) is 0 Å². The standard InChI is InChI=1S/C26H52O5Si/c1-12-14-15-16-21(31-32(10,11)25(5,6)7)18-17-19(3)22(27)26(8,9)23(28)20(4)24(29)30-13-2/h17,20-23,27-28H,12-16,18H2,1-11H3/b19-17+/t20-,21+,22+,23-/m0/s1. The van der Waals surface area contributed by atoms with Crippen molar-refractivity contribution in [1.82, 2.24) is 0 Å². The summed E-state index contributed by atoms with van der Waals surface area (Å²) in [7, 11) is -1.90. The Morgan fingerprint density at radius 2 is 1.62 bits per heavy atom. The van der Waals surface area contributed by atoms with E-state index in [1.807, 2.05) is 6.92 Å². The number of unbranched alkanes of at least 4 members (excludes halogenated alkanes) is 2. The van der Waals surface area contributed by atoms with E-state index in [-0.39, 0.29) is 17.7 Å². The molecule has 0 radical (unpaired) electrons. The highest BCUT2D eigenvalue weighted by atomic mass is 28.4. The molecule has 0 fully saturated rings. The number of carbonyl (C=O) groups excluding carboxylic acids is 1. The molecule has 4 atom stereocenters. The molecule has 0 saturated carbocycles. The summed E-state index contributed by atoms with van der Waals surface area (Å²) in [6, 6.07) is 0. The van der Waals surface area contributed by atoms with Crippen LogP contribution in [0.1, 0.15) is 94.4 Å². The van der Waals surface area contributed by atoms with Crippen LogP contribution in [0.2, 0.25) is 18.1 Å². The van der Waals surface area contributed by atoms with Gasteiger partial charge in [0.1, 0.15) is 0 Å². The molecule has 0 unspecified atom stereocenters. The first kappa shape index (κ1) is 31.3. The molecule has 32 heavy (non-hydrogen) atoms. The van der Waals surface area contributed by atoms with Crippen LogP contribution in [0.3, 0.4) is 0 Å². The van der Waals surface area contributed by atoms with Gasteiger partial charge in [-0.05, 0) is 57.3 Å². The molecule has 6 heteroatoms. The molecule has 0 aliphatic heterocycles. The van der Waals surface area contributed by atoms with Crippen LogP contribution in [0.15, 0.2) is 11.6 Å². The fraction of sp³-hybridized carbons (Fsp3) is 0.885. The third kappa shape index (κ3) is 9.28. The quantitative estimate of drug-likeness (QED) is 0.135. The van der Waals surface area contributed by atoms with Gasteiger partial charge in [-0.3, -0.25) is 4.79 Å². The minimum Gasteiger partial charge on any atom is -0.466 e. The Hall–Kier alpha value is -0.693. The maximum Gasteiger partial charge on any atom is 0.311 e. The van der Waals surface area contributed by atoms with Gasteiger partial charge in [0, 0.05) is 11.5 Å². The fourth-order valence-electron chi connectivity index (χ4n) is 3.66. The number of hydrogen-bond donors (Lipinski definition) is 2. The minimum absolute atomic E-state index is 0.121. The topological polar surface area (TPSA) is 76.0 Å². The van der Waals surface area contributed by atoms with Crippen molar-refractivity contribution in [2.24, 2.45) is 11.3 Å². The molecular formula is C26H52O5Si. The average molecular weight is 473 g/mol. The maximum atomic E-state index is 12.1. The first-order valence-corrected chi connectivity index (χ1v) is 15.3. The normalized spacial score (nSPS) is 17.6. The van der Waals surface area contributed by atoms with Gasteiger partial charge in [-0.1, -0.05) is 66.9 Å². The minimum atomic E-state index is -1.90. The molecule has 0 rings (SSSR count). The van der Waals surface area contributed by atoms with Gasteiger partial charge < -0.3 is 19.4 Å². The van der Waals surface area contributed by atoms with Crippen LogP contribution in [0.25, 0.3) is 0 Å². The van der Waals surface area contributed by atoms with Gasteiger partial charge >= 0.3 is 5.97 Å². The number of esters is 1. The van der Waals surface area contributed by atoms with Crippen molar-refractivity contribution in [3.63, 3.8) is 0 Å². The Labute approximate surface area is 199 Å². The second-order valence-corrected chi connectivity index (χ2v) is 16.1. The smallest absolute Gasteiger partial charge is 0.311 e. The Morgan fingerprint density at radius 3 is 2.09 bits per heavy atom. The van der Waals surface area contributed by atoms with E-state index in [1.165, 1.54) is 12.8 Å². The zero-order chi connectivity index (χ0) is 25.3.